The van der Waals surface area contributed by atoms with Gasteiger partial charge in [-0.1, -0.05) is 120 Å². The van der Waals surface area contributed by atoms with Gasteiger partial charge >= 0.3 is 26.2 Å². The summed E-state index contributed by atoms with van der Waals surface area (Å²) in [5.74, 6) is 0.562. The van der Waals surface area contributed by atoms with Crippen molar-refractivity contribution in [3.8, 4) is 0 Å². The summed E-state index contributed by atoms with van der Waals surface area (Å²) in [4.78, 5) is 2.65. The molecule has 7 rings (SSSR count). The van der Waals surface area contributed by atoms with Gasteiger partial charge in [0.1, 0.15) is 0 Å². The third-order valence-corrected chi connectivity index (χ3v) is 8.66. The minimum atomic E-state index is 0. The number of benzene rings is 4. The van der Waals surface area contributed by atoms with Crippen LogP contribution >= 0.6 is 43.6 Å². The second kappa shape index (κ2) is 13.4. The Morgan fingerprint density at radius 3 is 2.11 bits per heavy atom. The monoisotopic (exact) mass is 912 g/mol. The maximum Gasteiger partial charge on any atom is 4.00 e. The predicted octanol–water partition coefficient (Wildman–Crippen LogP) is 3.29. The summed E-state index contributed by atoms with van der Waals surface area (Å²) in [7, 11) is 0. The zero-order valence-electron chi connectivity index (χ0n) is 18.8. The Morgan fingerprint density at radius 2 is 1.31 bits per heavy atom. The van der Waals surface area contributed by atoms with Crippen LogP contribution in [0.4, 0.5) is 0 Å². The summed E-state index contributed by atoms with van der Waals surface area (Å²) in [5.41, 5.74) is 7.93. The van der Waals surface area contributed by atoms with Gasteiger partial charge in [0.05, 0.1) is 0 Å². The van der Waals surface area contributed by atoms with Gasteiger partial charge in [0.25, 0.3) is 0 Å². The van der Waals surface area contributed by atoms with Crippen LogP contribution in [0.3, 0.4) is 0 Å². The second-order valence-corrected chi connectivity index (χ2v) is 11.0. The fourth-order valence-corrected chi connectivity index (χ4v) is 6.86. The zero-order valence-corrected chi connectivity index (χ0v) is 29.6. The van der Waals surface area contributed by atoms with Gasteiger partial charge < -0.3 is 48.0 Å². The van der Waals surface area contributed by atoms with E-state index < -0.39 is 0 Å². The van der Waals surface area contributed by atoms with E-state index in [1.54, 1.807) is 0 Å². The molecule has 6 bridgehead atoms. The third kappa shape index (κ3) is 5.94. The first-order chi connectivity index (χ1) is 16.2. The van der Waals surface area contributed by atoms with Crippen molar-refractivity contribution >= 4 is 55.8 Å². The molecule has 0 saturated heterocycles. The average Bonchev–Trinajstić information content (AvgIpc) is 3.49. The summed E-state index contributed by atoms with van der Waals surface area (Å²) in [6, 6.07) is 29.9. The summed E-state index contributed by atoms with van der Waals surface area (Å²) in [5, 5.41) is 0. The molecule has 0 spiro atoms. The minimum absolute atomic E-state index is 0. The fourth-order valence-electron chi connectivity index (χ4n) is 4.67. The number of hydrogen-bond acceptors (Lipinski definition) is 1. The summed E-state index contributed by atoms with van der Waals surface area (Å²) < 4.78 is 2.36. The number of fused-ring (bicyclic) bond motifs is 4. The van der Waals surface area contributed by atoms with E-state index in [9.17, 15) is 0 Å². The molecule has 1 aliphatic heterocycles. The molecule has 1 heterocycles. The van der Waals surface area contributed by atoms with Gasteiger partial charge in [0.2, 0.25) is 0 Å². The van der Waals surface area contributed by atoms with Crippen molar-refractivity contribution in [2.75, 3.05) is 0 Å². The number of hydrogen-bond donors (Lipinski definition) is 0. The smallest absolute Gasteiger partial charge is 1.00 e. The molecule has 2 atom stereocenters. The largest absolute Gasteiger partial charge is 4.00 e. The van der Waals surface area contributed by atoms with Crippen LogP contribution in [-0.2, 0) is 26.2 Å². The molecule has 2 unspecified atom stereocenters. The number of allylic oxidation sites excluding steroid dienone is 2. The summed E-state index contributed by atoms with van der Waals surface area (Å²) in [6.07, 6.45) is 11.1. The molecule has 0 aromatic heterocycles. The molecule has 0 nitrogen and oxygen atoms in total. The van der Waals surface area contributed by atoms with Gasteiger partial charge in [-0.05, 0) is 18.2 Å². The van der Waals surface area contributed by atoms with Crippen LogP contribution in [0, 0.1) is 12.2 Å². The molecular weight excluding hydrogens is 897 g/mol. The maximum atomic E-state index is 3.67. The van der Waals surface area contributed by atoms with Crippen molar-refractivity contribution in [3.63, 3.8) is 0 Å². The maximum absolute atomic E-state index is 3.67. The van der Waals surface area contributed by atoms with Crippen LogP contribution < -0.4 is 48.0 Å². The molecule has 0 radical (unpaired) electrons. The van der Waals surface area contributed by atoms with E-state index >= 15 is 0 Å². The van der Waals surface area contributed by atoms with Crippen molar-refractivity contribution in [2.45, 2.75) is 21.6 Å². The fraction of sp³-hybridized carbons (Fsp3) is 0.0667. The first-order valence-electron chi connectivity index (χ1n) is 10.8. The molecule has 4 aromatic carbocycles. The number of rotatable bonds is 1. The molecule has 0 amide bonds. The normalized spacial score (nSPS) is 16.7. The molecule has 0 saturated carbocycles. The van der Waals surface area contributed by atoms with Crippen molar-refractivity contribution in [2.24, 2.45) is 0 Å². The molecule has 0 N–H and O–H groups in total. The molecule has 4 aromatic rings. The Labute approximate surface area is 287 Å². The van der Waals surface area contributed by atoms with E-state index in [0.29, 0.717) is 5.92 Å². The van der Waals surface area contributed by atoms with Crippen molar-refractivity contribution < 1.29 is 74.2 Å². The van der Waals surface area contributed by atoms with Crippen LogP contribution in [0.1, 0.15) is 45.2 Å². The Kier molecular flexibility index (Phi) is 11.4. The van der Waals surface area contributed by atoms with Crippen molar-refractivity contribution in [1.82, 2.24) is 0 Å². The quantitative estimate of drug-likeness (QED) is 0.209. The van der Waals surface area contributed by atoms with Gasteiger partial charge in [-0.2, -0.15) is 11.1 Å². The first-order valence-corrected chi connectivity index (χ1v) is 13.2. The van der Waals surface area contributed by atoms with E-state index in [0.717, 1.165) is 0 Å². The van der Waals surface area contributed by atoms with Crippen LogP contribution in [-0.4, -0.2) is 0 Å². The second-order valence-electron chi connectivity index (χ2n) is 8.19. The van der Waals surface area contributed by atoms with Crippen LogP contribution in [0.5, 0.6) is 0 Å². The van der Waals surface area contributed by atoms with Crippen molar-refractivity contribution in [1.29, 1.82) is 0 Å². The van der Waals surface area contributed by atoms with E-state index in [-0.39, 0.29) is 80.1 Å². The summed E-state index contributed by atoms with van der Waals surface area (Å²) >= 11 is 9.13. The van der Waals surface area contributed by atoms with E-state index in [1.807, 2.05) is 17.8 Å². The van der Waals surface area contributed by atoms with Gasteiger partial charge in [-0.25, -0.2) is 12.2 Å². The molecule has 176 valence electrons. The predicted molar refractivity (Wildman–Crippen MR) is 144 cm³/mol. The van der Waals surface area contributed by atoms with Crippen LogP contribution in [0.15, 0.2) is 104 Å². The Bertz CT molecular complexity index is 1440. The van der Waals surface area contributed by atoms with Gasteiger partial charge in [-0.3, -0.25) is 12.2 Å². The van der Waals surface area contributed by atoms with E-state index in [4.69, 9.17) is 0 Å². The first kappa shape index (κ1) is 30.6. The topological polar surface area (TPSA) is 0 Å². The molecule has 0 fully saturated rings. The third-order valence-electron chi connectivity index (χ3n) is 6.21. The minimum Gasteiger partial charge on any atom is -1.00 e. The molecular formula is C30H18Br2I2SZr. The molecule has 36 heavy (non-hydrogen) atoms. The Hall–Kier alpha value is 0.0131. The van der Waals surface area contributed by atoms with E-state index in [1.165, 1.54) is 52.1 Å². The van der Waals surface area contributed by atoms with Gasteiger partial charge in [0, 0.05) is 13.8 Å². The Morgan fingerprint density at radius 1 is 0.639 bits per heavy atom. The van der Waals surface area contributed by atoms with Crippen LogP contribution in [0.25, 0.3) is 12.2 Å². The zero-order chi connectivity index (χ0) is 22.4. The SMILES string of the molecule is Brc1ccc2c3c1C([C-]=C3)c1cccc(c1)S2.Brc1cccc2c1C(c1ccccc1)[C-]=C2.[I-].[I-].[Zr+4]. The van der Waals surface area contributed by atoms with Gasteiger partial charge in [0.15, 0.2) is 0 Å². The standard InChI is InChI=1S/C15H8BrS.C15H10Br.2HI.Zr/c16-13-6-7-14-12-5-4-11(15(12)13)9-2-1-3-10(8-9)17-14;16-14-8-4-7-12-9-10-13(15(12)14)11-5-2-1-3-6-11;;;/h1-3,5-8,11H;1-9,13H;2*1H;/q2*-1;;;+4/p-2. The van der Waals surface area contributed by atoms with Gasteiger partial charge in [-0.15, -0.1) is 29.0 Å². The summed E-state index contributed by atoms with van der Waals surface area (Å²) in [6.45, 7) is 0. The molecule has 3 aliphatic rings. The van der Waals surface area contributed by atoms with Crippen molar-refractivity contribution in [3.05, 3.63) is 139 Å². The Balaban J connectivity index is 0.000000185. The van der Waals surface area contributed by atoms with Crippen LogP contribution in [0.2, 0.25) is 0 Å². The molecule has 6 heteroatoms. The molecule has 2 aliphatic carbocycles. The number of halogens is 4. The van der Waals surface area contributed by atoms with E-state index in [2.05, 4.69) is 135 Å². The average molecular weight is 915 g/mol.